The molecule has 0 unspecified atom stereocenters. The summed E-state index contributed by atoms with van der Waals surface area (Å²) in [5.41, 5.74) is 1.64. The van der Waals surface area contributed by atoms with Crippen LogP contribution in [-0.4, -0.2) is 41.3 Å². The van der Waals surface area contributed by atoms with E-state index in [1.165, 1.54) is 9.13 Å². The van der Waals surface area contributed by atoms with Crippen molar-refractivity contribution in [3.05, 3.63) is 67.7 Å². The molecule has 4 rings (SSSR count). The molecule has 2 heterocycles. The highest BCUT2D eigenvalue weighted by Crippen LogP contribution is 2.31. The van der Waals surface area contributed by atoms with Gasteiger partial charge in [0.15, 0.2) is 0 Å². The Balaban J connectivity index is 1.88. The molecule has 1 aliphatic rings. The molecule has 1 aromatic heterocycles. The third kappa shape index (κ3) is 3.59. The van der Waals surface area contributed by atoms with Gasteiger partial charge in [-0.1, -0.05) is 17.7 Å². The first-order chi connectivity index (χ1) is 14.4. The topological polar surface area (TPSA) is 85.6 Å². The standard InChI is InChI=1S/C21H21ClN4O4/c1-24-17-11-15(23-19(27)13-4-3-5-14(22)10-13)16(26-6-8-30-9-7-26)12-18(17)25(2)21(29)20(24)28/h3-5,10-12H,6-9H2,1-2H3,(H,23,27). The number of hydrogen-bond acceptors (Lipinski definition) is 5. The summed E-state index contributed by atoms with van der Waals surface area (Å²) in [6, 6.07) is 10.2. The quantitative estimate of drug-likeness (QED) is 0.645. The Bertz CT molecular complexity index is 1260. The Hall–Kier alpha value is -3.10. The molecule has 1 N–H and O–H groups in total. The average molecular weight is 429 g/mol. The van der Waals surface area contributed by atoms with Crippen molar-refractivity contribution in [3.8, 4) is 0 Å². The molecule has 1 fully saturated rings. The highest BCUT2D eigenvalue weighted by molar-refractivity contribution is 6.31. The minimum Gasteiger partial charge on any atom is -0.378 e. The van der Waals surface area contributed by atoms with Crippen LogP contribution in [0.2, 0.25) is 5.02 Å². The predicted molar refractivity (Wildman–Crippen MR) is 117 cm³/mol. The molecular formula is C21H21ClN4O4. The van der Waals surface area contributed by atoms with E-state index in [-0.39, 0.29) is 5.91 Å². The number of amides is 1. The van der Waals surface area contributed by atoms with E-state index < -0.39 is 11.1 Å². The Labute approximate surface area is 177 Å². The van der Waals surface area contributed by atoms with E-state index in [1.807, 2.05) is 6.07 Å². The smallest absolute Gasteiger partial charge is 0.316 e. The number of morpholine rings is 1. The van der Waals surface area contributed by atoms with Gasteiger partial charge in [0.1, 0.15) is 0 Å². The predicted octanol–water partition coefficient (Wildman–Crippen LogP) is 1.98. The molecular weight excluding hydrogens is 408 g/mol. The number of ether oxygens (including phenoxy) is 1. The fourth-order valence-electron chi connectivity index (χ4n) is 3.60. The molecule has 0 bridgehead atoms. The van der Waals surface area contributed by atoms with Crippen LogP contribution in [0.15, 0.2) is 46.0 Å². The number of carbonyl (C=O) groups excluding carboxylic acids is 1. The molecule has 3 aromatic rings. The van der Waals surface area contributed by atoms with Crippen molar-refractivity contribution in [2.24, 2.45) is 14.1 Å². The lowest BCUT2D eigenvalue weighted by Gasteiger charge is -2.31. The van der Waals surface area contributed by atoms with Crippen molar-refractivity contribution in [2.45, 2.75) is 0 Å². The summed E-state index contributed by atoms with van der Waals surface area (Å²) >= 11 is 6.02. The molecule has 0 spiro atoms. The van der Waals surface area contributed by atoms with Crippen molar-refractivity contribution in [2.75, 3.05) is 36.5 Å². The highest BCUT2D eigenvalue weighted by atomic mass is 35.5. The number of nitrogens with zero attached hydrogens (tertiary/aromatic N) is 3. The number of anilines is 2. The lowest BCUT2D eigenvalue weighted by molar-refractivity contribution is 0.102. The van der Waals surface area contributed by atoms with Crippen LogP contribution < -0.4 is 21.3 Å². The summed E-state index contributed by atoms with van der Waals surface area (Å²) < 4.78 is 8.08. The van der Waals surface area contributed by atoms with E-state index in [4.69, 9.17) is 16.3 Å². The molecule has 8 nitrogen and oxygen atoms in total. The SMILES string of the molecule is Cn1c(=O)c(=O)n(C)c2cc(N3CCOCC3)c(NC(=O)c3cccc(Cl)c3)cc21. The minimum atomic E-state index is -0.628. The zero-order chi connectivity index (χ0) is 21.4. The molecule has 0 aliphatic carbocycles. The van der Waals surface area contributed by atoms with E-state index in [1.54, 1.807) is 44.4 Å². The third-order valence-corrected chi connectivity index (χ3v) is 5.53. The van der Waals surface area contributed by atoms with Crippen LogP contribution in [0.3, 0.4) is 0 Å². The molecule has 0 radical (unpaired) electrons. The number of hydrogen-bond donors (Lipinski definition) is 1. The van der Waals surface area contributed by atoms with Crippen LogP contribution >= 0.6 is 11.6 Å². The van der Waals surface area contributed by atoms with E-state index in [0.29, 0.717) is 53.6 Å². The second-order valence-electron chi connectivity index (χ2n) is 7.15. The van der Waals surface area contributed by atoms with Crippen LogP contribution in [0.25, 0.3) is 11.0 Å². The monoisotopic (exact) mass is 428 g/mol. The molecule has 30 heavy (non-hydrogen) atoms. The largest absolute Gasteiger partial charge is 0.378 e. The first-order valence-electron chi connectivity index (χ1n) is 9.50. The van der Waals surface area contributed by atoms with Crippen molar-refractivity contribution >= 4 is 39.9 Å². The lowest BCUT2D eigenvalue weighted by atomic mass is 10.1. The zero-order valence-electron chi connectivity index (χ0n) is 16.6. The molecule has 156 valence electrons. The van der Waals surface area contributed by atoms with E-state index in [9.17, 15) is 14.4 Å². The Morgan fingerprint density at radius 2 is 1.63 bits per heavy atom. The van der Waals surface area contributed by atoms with E-state index >= 15 is 0 Å². The van der Waals surface area contributed by atoms with Gasteiger partial charge in [-0.3, -0.25) is 14.4 Å². The first kappa shape index (κ1) is 20.2. The van der Waals surface area contributed by atoms with Gasteiger partial charge in [-0.2, -0.15) is 0 Å². The van der Waals surface area contributed by atoms with E-state index in [2.05, 4.69) is 10.2 Å². The van der Waals surface area contributed by atoms with Gasteiger partial charge in [-0.15, -0.1) is 0 Å². The second-order valence-corrected chi connectivity index (χ2v) is 7.59. The maximum absolute atomic E-state index is 12.9. The average Bonchev–Trinajstić information content (AvgIpc) is 2.76. The van der Waals surface area contributed by atoms with Gasteiger partial charge in [0.2, 0.25) is 0 Å². The zero-order valence-corrected chi connectivity index (χ0v) is 17.4. The number of nitrogens with one attached hydrogen (secondary N) is 1. The number of fused-ring (bicyclic) bond motifs is 1. The second kappa shape index (κ2) is 7.97. The van der Waals surface area contributed by atoms with Crippen molar-refractivity contribution in [3.63, 3.8) is 0 Å². The van der Waals surface area contributed by atoms with Gasteiger partial charge < -0.3 is 24.1 Å². The van der Waals surface area contributed by atoms with Crippen LogP contribution in [-0.2, 0) is 18.8 Å². The number of halogens is 1. The number of aromatic nitrogens is 2. The molecule has 1 amide bonds. The molecule has 1 aliphatic heterocycles. The Morgan fingerprint density at radius 1 is 1.00 bits per heavy atom. The Kier molecular flexibility index (Phi) is 5.36. The van der Waals surface area contributed by atoms with Crippen LogP contribution in [0.4, 0.5) is 11.4 Å². The summed E-state index contributed by atoms with van der Waals surface area (Å²) in [4.78, 5) is 39.5. The van der Waals surface area contributed by atoms with Crippen molar-refractivity contribution in [1.82, 2.24) is 9.13 Å². The molecule has 9 heteroatoms. The maximum Gasteiger partial charge on any atom is 0.316 e. The Morgan fingerprint density at radius 3 is 2.27 bits per heavy atom. The number of aryl methyl sites for hydroxylation is 2. The van der Waals surface area contributed by atoms with Crippen molar-refractivity contribution < 1.29 is 9.53 Å². The van der Waals surface area contributed by atoms with Gasteiger partial charge in [-0.25, -0.2) is 0 Å². The molecule has 0 saturated carbocycles. The summed E-state index contributed by atoms with van der Waals surface area (Å²) in [5, 5.41) is 3.41. The molecule has 1 saturated heterocycles. The summed E-state index contributed by atoms with van der Waals surface area (Å²) in [5.74, 6) is -0.318. The van der Waals surface area contributed by atoms with E-state index in [0.717, 1.165) is 5.69 Å². The highest BCUT2D eigenvalue weighted by Gasteiger charge is 2.20. The molecule has 2 aromatic carbocycles. The fraction of sp³-hybridized carbons (Fsp3) is 0.286. The summed E-state index contributed by atoms with van der Waals surface area (Å²) in [6.07, 6.45) is 0. The van der Waals surface area contributed by atoms with Gasteiger partial charge in [-0.05, 0) is 30.3 Å². The summed E-state index contributed by atoms with van der Waals surface area (Å²) in [7, 11) is 3.11. The number of benzene rings is 2. The van der Waals surface area contributed by atoms with Crippen molar-refractivity contribution in [1.29, 1.82) is 0 Å². The van der Waals surface area contributed by atoms with Crippen LogP contribution in [0.5, 0.6) is 0 Å². The van der Waals surface area contributed by atoms with Crippen LogP contribution in [0.1, 0.15) is 10.4 Å². The maximum atomic E-state index is 12.9. The molecule has 0 atom stereocenters. The summed E-state index contributed by atoms with van der Waals surface area (Å²) in [6.45, 7) is 2.41. The first-order valence-corrected chi connectivity index (χ1v) is 9.88. The fourth-order valence-corrected chi connectivity index (χ4v) is 3.79. The van der Waals surface area contributed by atoms with Gasteiger partial charge >= 0.3 is 11.1 Å². The van der Waals surface area contributed by atoms with Gasteiger partial charge in [0.25, 0.3) is 5.91 Å². The van der Waals surface area contributed by atoms with Gasteiger partial charge in [0.05, 0.1) is 35.6 Å². The number of carbonyl (C=O) groups is 1. The van der Waals surface area contributed by atoms with Crippen LogP contribution in [0, 0.1) is 0 Å². The lowest BCUT2D eigenvalue weighted by Crippen LogP contribution is -2.40. The third-order valence-electron chi connectivity index (χ3n) is 5.29. The minimum absolute atomic E-state index is 0.318. The normalized spacial score (nSPS) is 14.2. The van der Waals surface area contributed by atoms with Gasteiger partial charge in [0, 0.05) is 37.8 Å². The number of rotatable bonds is 3.